The maximum Gasteiger partial charge on any atom is 0.355 e. The zero-order chi connectivity index (χ0) is 20.0. The first kappa shape index (κ1) is 21.4. The van der Waals surface area contributed by atoms with Gasteiger partial charge in [0.15, 0.2) is 0 Å². The van der Waals surface area contributed by atoms with E-state index >= 15 is 0 Å². The summed E-state index contributed by atoms with van der Waals surface area (Å²) in [6, 6.07) is 3.46. The maximum absolute atomic E-state index is 12.1. The van der Waals surface area contributed by atoms with Crippen molar-refractivity contribution in [1.29, 1.82) is 0 Å². The molecule has 0 saturated carbocycles. The number of nitrogens with one attached hydrogen (secondary N) is 2. The Kier molecular flexibility index (Phi) is 7.85. The minimum absolute atomic E-state index is 0.244. The van der Waals surface area contributed by atoms with E-state index < -0.39 is 5.97 Å². The van der Waals surface area contributed by atoms with Crippen LogP contribution in [0.2, 0.25) is 0 Å². The fourth-order valence-electron chi connectivity index (χ4n) is 3.00. The zero-order valence-electron chi connectivity index (χ0n) is 15.4. The Morgan fingerprint density at radius 1 is 1.19 bits per heavy atom. The molecular formula is C19H25BrN2O5. The number of aromatic nitrogens is 1. The smallest absolute Gasteiger partial charge is 0.355 e. The minimum Gasteiger partial charge on any atom is -0.464 e. The van der Waals surface area contributed by atoms with Gasteiger partial charge in [-0.25, -0.2) is 4.79 Å². The monoisotopic (exact) mass is 440 g/mol. The van der Waals surface area contributed by atoms with Gasteiger partial charge in [0, 0.05) is 12.1 Å². The lowest BCUT2D eigenvalue weighted by atomic mass is 9.93. The van der Waals surface area contributed by atoms with E-state index in [0.29, 0.717) is 44.7 Å². The first-order valence-electron chi connectivity index (χ1n) is 8.74. The van der Waals surface area contributed by atoms with Gasteiger partial charge in [-0.3, -0.25) is 0 Å². The topological polar surface area (TPSA) is 115 Å². The molecule has 1 heterocycles. The largest absolute Gasteiger partial charge is 0.464 e. The lowest BCUT2D eigenvalue weighted by molar-refractivity contribution is 0.0594. The van der Waals surface area contributed by atoms with E-state index in [1.165, 1.54) is 7.11 Å². The molecule has 0 aliphatic rings. The third kappa shape index (κ3) is 4.35. The summed E-state index contributed by atoms with van der Waals surface area (Å²) in [4.78, 5) is 15.2. The molecule has 0 spiro atoms. The number of aliphatic hydroxyl groups is 3. The van der Waals surface area contributed by atoms with Crippen molar-refractivity contribution >= 4 is 27.7 Å². The lowest BCUT2D eigenvalue weighted by Gasteiger charge is -2.17. The van der Waals surface area contributed by atoms with Crippen LogP contribution >= 0.6 is 15.9 Å². The standard InChI is InChI=1S/C19H25BrN2O5/c1-3-4-7-21-18-15(16(20)17(22-18)19(26)27-2)12-6-5-11(8-23)13(9-24)14(12)10-25/h5-6,21-25H,3-4,7-10H2,1-2H3. The SMILES string of the molecule is CCCCNc1[nH]c(C(=O)OC)c(Br)c1-c1ccc(CO)c(CO)c1CO. The molecule has 0 unspecified atom stereocenters. The molecule has 148 valence electrons. The second-order valence-electron chi connectivity index (χ2n) is 6.04. The van der Waals surface area contributed by atoms with Crippen LogP contribution < -0.4 is 5.32 Å². The van der Waals surface area contributed by atoms with Crippen molar-refractivity contribution in [3.8, 4) is 11.1 Å². The molecule has 0 aliphatic carbocycles. The van der Waals surface area contributed by atoms with Crippen LogP contribution in [0.15, 0.2) is 16.6 Å². The van der Waals surface area contributed by atoms with E-state index in [4.69, 9.17) is 4.74 Å². The molecule has 27 heavy (non-hydrogen) atoms. The number of hydrogen-bond donors (Lipinski definition) is 5. The number of H-pyrrole nitrogens is 1. The van der Waals surface area contributed by atoms with Gasteiger partial charge in [-0.2, -0.15) is 0 Å². The second kappa shape index (κ2) is 9.89. The highest BCUT2D eigenvalue weighted by Gasteiger charge is 2.25. The van der Waals surface area contributed by atoms with Crippen LogP contribution in [0.5, 0.6) is 0 Å². The summed E-state index contributed by atoms with van der Waals surface area (Å²) >= 11 is 3.47. The van der Waals surface area contributed by atoms with E-state index in [0.717, 1.165) is 12.8 Å². The molecule has 7 nitrogen and oxygen atoms in total. The Hall–Kier alpha value is -1.87. The van der Waals surface area contributed by atoms with E-state index in [9.17, 15) is 20.1 Å². The first-order valence-corrected chi connectivity index (χ1v) is 9.53. The summed E-state index contributed by atoms with van der Waals surface area (Å²) in [5.74, 6) is 0.0950. The van der Waals surface area contributed by atoms with Crippen molar-refractivity contribution < 1.29 is 24.9 Å². The van der Waals surface area contributed by atoms with Gasteiger partial charge in [0.2, 0.25) is 0 Å². The molecule has 2 rings (SSSR count). The highest BCUT2D eigenvalue weighted by atomic mass is 79.9. The van der Waals surface area contributed by atoms with Crippen LogP contribution in [0.3, 0.4) is 0 Å². The minimum atomic E-state index is -0.522. The molecule has 0 saturated heterocycles. The number of rotatable bonds is 9. The van der Waals surface area contributed by atoms with E-state index in [1.54, 1.807) is 12.1 Å². The molecule has 1 aromatic heterocycles. The predicted molar refractivity (Wildman–Crippen MR) is 106 cm³/mol. The Bertz CT molecular complexity index is 804. The number of unbranched alkanes of at least 4 members (excludes halogenated alkanes) is 1. The van der Waals surface area contributed by atoms with E-state index in [-0.39, 0.29) is 25.5 Å². The van der Waals surface area contributed by atoms with Crippen molar-refractivity contribution in [2.45, 2.75) is 39.6 Å². The Morgan fingerprint density at radius 2 is 1.89 bits per heavy atom. The number of methoxy groups -OCH3 is 1. The Morgan fingerprint density at radius 3 is 2.44 bits per heavy atom. The highest BCUT2D eigenvalue weighted by molar-refractivity contribution is 9.10. The summed E-state index contributed by atoms with van der Waals surface area (Å²) < 4.78 is 5.34. The molecule has 1 aromatic carbocycles. The van der Waals surface area contributed by atoms with Gasteiger partial charge in [0.05, 0.1) is 31.4 Å². The number of benzene rings is 1. The number of aliphatic hydroxyl groups excluding tert-OH is 3. The van der Waals surface area contributed by atoms with Gasteiger partial charge in [-0.1, -0.05) is 25.5 Å². The van der Waals surface area contributed by atoms with Crippen molar-refractivity contribution in [1.82, 2.24) is 4.98 Å². The summed E-state index contributed by atoms with van der Waals surface area (Å²) in [6.07, 6.45) is 1.96. The number of hydrogen-bond acceptors (Lipinski definition) is 6. The van der Waals surface area contributed by atoms with E-state index in [2.05, 4.69) is 33.2 Å². The van der Waals surface area contributed by atoms with Crippen LogP contribution in [-0.2, 0) is 24.6 Å². The number of carbonyl (C=O) groups excluding carboxylic acids is 1. The van der Waals surface area contributed by atoms with Crippen molar-refractivity contribution in [3.05, 3.63) is 39.0 Å². The molecule has 2 aromatic rings. The Labute approximate surface area is 166 Å². The maximum atomic E-state index is 12.1. The fraction of sp³-hybridized carbons (Fsp3) is 0.421. The average molecular weight is 441 g/mol. The molecule has 0 radical (unpaired) electrons. The number of aromatic amines is 1. The van der Waals surface area contributed by atoms with Gasteiger partial charge in [0.1, 0.15) is 11.5 Å². The van der Waals surface area contributed by atoms with Crippen molar-refractivity contribution in [2.75, 3.05) is 19.0 Å². The summed E-state index contributed by atoms with van der Waals surface area (Å²) in [6.45, 7) is 1.90. The third-order valence-corrected chi connectivity index (χ3v) is 5.24. The molecular weight excluding hydrogens is 416 g/mol. The van der Waals surface area contributed by atoms with Gasteiger partial charge >= 0.3 is 5.97 Å². The van der Waals surface area contributed by atoms with Crippen LogP contribution in [-0.4, -0.2) is 39.9 Å². The van der Waals surface area contributed by atoms with Crippen LogP contribution in [0.1, 0.15) is 46.9 Å². The molecule has 8 heteroatoms. The van der Waals surface area contributed by atoms with Crippen molar-refractivity contribution in [2.24, 2.45) is 0 Å². The van der Waals surface area contributed by atoms with Crippen LogP contribution in [0, 0.1) is 0 Å². The lowest BCUT2D eigenvalue weighted by Crippen LogP contribution is -2.06. The van der Waals surface area contributed by atoms with Gasteiger partial charge in [0.25, 0.3) is 0 Å². The summed E-state index contributed by atoms with van der Waals surface area (Å²) in [5.41, 5.74) is 3.09. The molecule has 0 amide bonds. The number of carbonyl (C=O) groups is 1. The van der Waals surface area contributed by atoms with Crippen LogP contribution in [0.4, 0.5) is 5.82 Å². The second-order valence-corrected chi connectivity index (χ2v) is 6.83. The quantitative estimate of drug-likeness (QED) is 0.302. The fourth-order valence-corrected chi connectivity index (χ4v) is 3.67. The number of halogens is 1. The van der Waals surface area contributed by atoms with Crippen molar-refractivity contribution in [3.63, 3.8) is 0 Å². The number of anilines is 1. The third-order valence-electron chi connectivity index (χ3n) is 4.44. The molecule has 5 N–H and O–H groups in total. The van der Waals surface area contributed by atoms with Gasteiger partial charge < -0.3 is 30.4 Å². The average Bonchev–Trinajstić information content (AvgIpc) is 3.02. The zero-order valence-corrected chi connectivity index (χ0v) is 17.0. The summed E-state index contributed by atoms with van der Waals surface area (Å²) in [5, 5.41) is 32.5. The molecule has 0 bridgehead atoms. The summed E-state index contributed by atoms with van der Waals surface area (Å²) in [7, 11) is 1.30. The number of esters is 1. The predicted octanol–water partition coefficient (Wildman–Crippen LogP) is 2.92. The number of ether oxygens (including phenoxy) is 1. The molecule has 0 fully saturated rings. The van der Waals surface area contributed by atoms with Gasteiger partial charge in [-0.15, -0.1) is 0 Å². The highest BCUT2D eigenvalue weighted by Crippen LogP contribution is 2.41. The van der Waals surface area contributed by atoms with Crippen LogP contribution in [0.25, 0.3) is 11.1 Å². The molecule has 0 atom stereocenters. The molecule has 0 aliphatic heterocycles. The first-order chi connectivity index (χ1) is 13.0. The van der Waals surface area contributed by atoms with E-state index in [1.807, 2.05) is 0 Å². The Balaban J connectivity index is 2.68. The normalized spacial score (nSPS) is 10.9. The van der Waals surface area contributed by atoms with Gasteiger partial charge in [-0.05, 0) is 44.6 Å².